The Morgan fingerprint density at radius 2 is 1.30 bits per heavy atom. The first kappa shape index (κ1) is 19.7. The molecule has 0 spiro atoms. The van der Waals surface area contributed by atoms with Crippen LogP contribution >= 0.6 is 0 Å². The third-order valence-corrected chi connectivity index (χ3v) is 4.25. The van der Waals surface area contributed by atoms with E-state index in [0.29, 0.717) is 13.0 Å². The molecule has 0 atom stereocenters. The summed E-state index contributed by atoms with van der Waals surface area (Å²) in [6.07, 6.45) is 13.8. The molecule has 2 heteroatoms. The average molecular weight is 319 g/mol. The summed E-state index contributed by atoms with van der Waals surface area (Å²) in [5.74, 6) is -0.140. The Kier molecular flexibility index (Phi) is 11.3. The molecule has 1 aromatic carbocycles. The van der Waals surface area contributed by atoms with Crippen LogP contribution in [-0.2, 0) is 22.4 Å². The van der Waals surface area contributed by atoms with Gasteiger partial charge in [0.25, 0.3) is 0 Å². The average Bonchev–Trinajstić information content (AvgIpc) is 2.55. The van der Waals surface area contributed by atoms with Crippen molar-refractivity contribution < 1.29 is 9.53 Å². The third kappa shape index (κ3) is 10.1. The summed E-state index contributed by atoms with van der Waals surface area (Å²) in [4.78, 5) is 11.4. The number of ether oxygens (including phenoxy) is 1. The largest absolute Gasteiger partial charge is 0.466 e. The van der Waals surface area contributed by atoms with Crippen LogP contribution in [-0.4, -0.2) is 12.6 Å². The van der Waals surface area contributed by atoms with Crippen molar-refractivity contribution in [2.24, 2.45) is 0 Å². The second kappa shape index (κ2) is 13.2. The number of carbonyl (C=O) groups is 1. The van der Waals surface area contributed by atoms with Crippen LogP contribution < -0.4 is 0 Å². The standard InChI is InChI=1S/C21H34O2/c1-3-5-6-7-8-9-10-11-12-13-19-14-16-20(17-15-19)18-21(22)23-4-2/h14-17H,3-13,18H2,1-2H3. The maximum atomic E-state index is 11.4. The highest BCUT2D eigenvalue weighted by Crippen LogP contribution is 2.13. The predicted molar refractivity (Wildman–Crippen MR) is 97.7 cm³/mol. The fourth-order valence-electron chi connectivity index (χ4n) is 2.84. The summed E-state index contributed by atoms with van der Waals surface area (Å²) in [6, 6.07) is 8.42. The highest BCUT2D eigenvalue weighted by Gasteiger charge is 2.03. The minimum Gasteiger partial charge on any atom is -0.466 e. The van der Waals surface area contributed by atoms with Crippen LogP contribution in [0.3, 0.4) is 0 Å². The van der Waals surface area contributed by atoms with Crippen molar-refractivity contribution in [3.8, 4) is 0 Å². The van der Waals surface area contributed by atoms with Gasteiger partial charge in [-0.15, -0.1) is 0 Å². The normalized spacial score (nSPS) is 10.7. The van der Waals surface area contributed by atoms with Gasteiger partial charge in [0.1, 0.15) is 0 Å². The molecule has 0 heterocycles. The van der Waals surface area contributed by atoms with Gasteiger partial charge in [0.15, 0.2) is 0 Å². The maximum absolute atomic E-state index is 11.4. The van der Waals surface area contributed by atoms with Crippen molar-refractivity contribution in [2.75, 3.05) is 6.61 Å². The molecule has 0 aromatic heterocycles. The molecule has 0 aliphatic heterocycles. The van der Waals surface area contributed by atoms with Gasteiger partial charge < -0.3 is 4.74 Å². The van der Waals surface area contributed by atoms with Crippen LogP contribution in [0.1, 0.15) is 82.8 Å². The molecule has 0 amide bonds. The highest BCUT2D eigenvalue weighted by atomic mass is 16.5. The highest BCUT2D eigenvalue weighted by molar-refractivity contribution is 5.72. The zero-order chi connectivity index (χ0) is 16.8. The van der Waals surface area contributed by atoms with Crippen LogP contribution in [0, 0.1) is 0 Å². The lowest BCUT2D eigenvalue weighted by Gasteiger charge is -2.05. The second-order valence-corrected chi connectivity index (χ2v) is 6.38. The van der Waals surface area contributed by atoms with Gasteiger partial charge >= 0.3 is 5.97 Å². The van der Waals surface area contributed by atoms with Crippen LogP contribution in [0.5, 0.6) is 0 Å². The SMILES string of the molecule is CCCCCCCCCCCc1ccc(CC(=O)OCC)cc1. The van der Waals surface area contributed by atoms with E-state index in [9.17, 15) is 4.79 Å². The summed E-state index contributed by atoms with van der Waals surface area (Å²) in [6.45, 7) is 4.56. The Morgan fingerprint density at radius 3 is 1.87 bits per heavy atom. The van der Waals surface area contributed by atoms with Gasteiger partial charge in [-0.2, -0.15) is 0 Å². The van der Waals surface area contributed by atoms with Gasteiger partial charge in [-0.3, -0.25) is 4.79 Å². The minimum absolute atomic E-state index is 0.140. The lowest BCUT2D eigenvalue weighted by atomic mass is 10.0. The number of hydrogen-bond donors (Lipinski definition) is 0. The molecule has 0 N–H and O–H groups in total. The minimum atomic E-state index is -0.140. The lowest BCUT2D eigenvalue weighted by Crippen LogP contribution is -2.07. The van der Waals surface area contributed by atoms with E-state index in [4.69, 9.17) is 4.74 Å². The number of esters is 1. The molecule has 0 unspecified atom stereocenters. The van der Waals surface area contributed by atoms with Crippen LogP contribution in [0.25, 0.3) is 0 Å². The van der Waals surface area contributed by atoms with Crippen LogP contribution in [0.15, 0.2) is 24.3 Å². The number of carbonyl (C=O) groups excluding carboxylic acids is 1. The zero-order valence-corrected chi connectivity index (χ0v) is 15.1. The first-order chi connectivity index (χ1) is 11.3. The lowest BCUT2D eigenvalue weighted by molar-refractivity contribution is -0.142. The topological polar surface area (TPSA) is 26.3 Å². The smallest absolute Gasteiger partial charge is 0.310 e. The van der Waals surface area contributed by atoms with Crippen LogP contribution in [0.2, 0.25) is 0 Å². The maximum Gasteiger partial charge on any atom is 0.310 e. The summed E-state index contributed by atoms with van der Waals surface area (Å²) in [7, 11) is 0. The van der Waals surface area contributed by atoms with E-state index in [1.807, 2.05) is 6.92 Å². The Hall–Kier alpha value is -1.31. The molecule has 2 nitrogen and oxygen atoms in total. The number of benzene rings is 1. The summed E-state index contributed by atoms with van der Waals surface area (Å²) in [5, 5.41) is 0. The van der Waals surface area contributed by atoms with E-state index in [1.165, 1.54) is 63.4 Å². The molecule has 130 valence electrons. The van der Waals surface area contributed by atoms with Crippen LogP contribution in [0.4, 0.5) is 0 Å². The van der Waals surface area contributed by atoms with Gasteiger partial charge in [-0.25, -0.2) is 0 Å². The van der Waals surface area contributed by atoms with Crippen molar-refractivity contribution in [1.29, 1.82) is 0 Å². The molecule has 23 heavy (non-hydrogen) atoms. The number of aryl methyl sites for hydroxylation is 1. The summed E-state index contributed by atoms with van der Waals surface area (Å²) >= 11 is 0. The molecular weight excluding hydrogens is 284 g/mol. The zero-order valence-electron chi connectivity index (χ0n) is 15.1. The van der Waals surface area contributed by atoms with Crippen molar-refractivity contribution in [1.82, 2.24) is 0 Å². The van der Waals surface area contributed by atoms with E-state index in [1.54, 1.807) is 0 Å². The Morgan fingerprint density at radius 1 is 0.783 bits per heavy atom. The van der Waals surface area contributed by atoms with E-state index >= 15 is 0 Å². The van der Waals surface area contributed by atoms with Gasteiger partial charge in [0.2, 0.25) is 0 Å². The second-order valence-electron chi connectivity index (χ2n) is 6.38. The van der Waals surface area contributed by atoms with Crippen molar-refractivity contribution in [2.45, 2.75) is 84.5 Å². The van der Waals surface area contributed by atoms with Crippen molar-refractivity contribution in [3.63, 3.8) is 0 Å². The summed E-state index contributed by atoms with van der Waals surface area (Å²) in [5.41, 5.74) is 2.42. The first-order valence-electron chi connectivity index (χ1n) is 9.49. The van der Waals surface area contributed by atoms with Gasteiger partial charge in [0, 0.05) is 0 Å². The van der Waals surface area contributed by atoms with Gasteiger partial charge in [0.05, 0.1) is 13.0 Å². The third-order valence-electron chi connectivity index (χ3n) is 4.25. The molecule has 0 saturated heterocycles. The molecule has 0 fully saturated rings. The quantitative estimate of drug-likeness (QED) is 0.336. The Bertz CT molecular complexity index is 408. The monoisotopic (exact) mass is 318 g/mol. The predicted octanol–water partition coefficient (Wildman–Crippen LogP) is 5.87. The first-order valence-corrected chi connectivity index (χ1v) is 9.49. The molecule has 1 aromatic rings. The van der Waals surface area contributed by atoms with E-state index in [0.717, 1.165) is 12.0 Å². The van der Waals surface area contributed by atoms with Gasteiger partial charge in [-0.1, -0.05) is 82.6 Å². The van der Waals surface area contributed by atoms with Gasteiger partial charge in [-0.05, 0) is 30.9 Å². The fourth-order valence-corrected chi connectivity index (χ4v) is 2.84. The molecule has 0 aliphatic carbocycles. The molecule has 0 saturated carbocycles. The fraction of sp³-hybridized carbons (Fsp3) is 0.667. The Labute approximate surface area is 142 Å². The Balaban J connectivity index is 2.08. The number of hydrogen-bond acceptors (Lipinski definition) is 2. The van der Waals surface area contributed by atoms with E-state index in [2.05, 4.69) is 31.2 Å². The molecule has 0 bridgehead atoms. The van der Waals surface area contributed by atoms with E-state index in [-0.39, 0.29) is 5.97 Å². The molecule has 1 rings (SSSR count). The molecular formula is C21H34O2. The molecule has 0 aliphatic rings. The molecule has 0 radical (unpaired) electrons. The number of unbranched alkanes of at least 4 members (excludes halogenated alkanes) is 8. The number of rotatable bonds is 13. The summed E-state index contributed by atoms with van der Waals surface area (Å²) < 4.78 is 4.97. The van der Waals surface area contributed by atoms with E-state index < -0.39 is 0 Å². The van der Waals surface area contributed by atoms with Crippen molar-refractivity contribution >= 4 is 5.97 Å². The van der Waals surface area contributed by atoms with Crippen molar-refractivity contribution in [3.05, 3.63) is 35.4 Å².